The van der Waals surface area contributed by atoms with Crippen LogP contribution in [0.3, 0.4) is 0 Å². The van der Waals surface area contributed by atoms with Crippen LogP contribution in [0.1, 0.15) is 24.2 Å². The lowest BCUT2D eigenvalue weighted by molar-refractivity contribution is -0.387. The van der Waals surface area contributed by atoms with Crippen LogP contribution in [-0.2, 0) is 0 Å². The number of rotatable bonds is 5. The lowest BCUT2D eigenvalue weighted by Crippen LogP contribution is -2.36. The third-order valence-corrected chi connectivity index (χ3v) is 3.88. The van der Waals surface area contributed by atoms with Gasteiger partial charge in [-0.25, -0.2) is 0 Å². The summed E-state index contributed by atoms with van der Waals surface area (Å²) >= 11 is 1.60. The molecule has 5 nitrogen and oxygen atoms in total. The van der Waals surface area contributed by atoms with E-state index in [0.29, 0.717) is 6.54 Å². The van der Waals surface area contributed by atoms with Crippen molar-refractivity contribution in [3.05, 3.63) is 39.7 Å². The molecule has 0 saturated carbocycles. The van der Waals surface area contributed by atoms with Gasteiger partial charge in [0.25, 0.3) is 5.91 Å². The Morgan fingerprint density at radius 1 is 1.53 bits per heavy atom. The lowest BCUT2D eigenvalue weighted by atomic mass is 10.1. The van der Waals surface area contributed by atoms with Crippen LogP contribution in [0.4, 0.5) is 10.1 Å². The van der Waals surface area contributed by atoms with Crippen molar-refractivity contribution in [2.45, 2.75) is 18.6 Å². The molecule has 0 aliphatic rings. The van der Waals surface area contributed by atoms with Crippen molar-refractivity contribution in [3.63, 3.8) is 0 Å². The highest BCUT2D eigenvalue weighted by Crippen LogP contribution is 2.20. The zero-order chi connectivity index (χ0) is 14.6. The van der Waals surface area contributed by atoms with E-state index in [-0.39, 0.29) is 10.3 Å². The number of amides is 1. The van der Waals surface area contributed by atoms with E-state index in [1.807, 2.05) is 20.1 Å². The molecule has 0 aromatic heterocycles. The maximum Gasteiger partial charge on any atom is 0.304 e. The molecule has 0 bridgehead atoms. The highest BCUT2D eigenvalue weighted by molar-refractivity contribution is 7.99. The Bertz CT molecular complexity index is 506. The Labute approximate surface area is 114 Å². The highest BCUT2D eigenvalue weighted by Gasteiger charge is 2.20. The molecule has 1 rings (SSSR count). The fourth-order valence-corrected chi connectivity index (χ4v) is 1.48. The standard InChI is InChI=1S/C12H15FN2O3S/c1-12(2,19-3)7-14-11(16)8-4-5-10(15(17)18)9(13)6-8/h4-6H,7H2,1-3H3,(H,14,16). The molecule has 0 atom stereocenters. The van der Waals surface area contributed by atoms with Gasteiger partial charge in [0.05, 0.1) is 4.92 Å². The maximum absolute atomic E-state index is 13.4. The molecule has 0 aliphatic carbocycles. The second kappa shape index (κ2) is 6.01. The van der Waals surface area contributed by atoms with E-state index < -0.39 is 22.3 Å². The monoisotopic (exact) mass is 286 g/mol. The number of benzene rings is 1. The molecular formula is C12H15FN2O3S. The number of hydrogen-bond acceptors (Lipinski definition) is 4. The van der Waals surface area contributed by atoms with E-state index in [1.165, 1.54) is 6.07 Å². The zero-order valence-corrected chi connectivity index (χ0v) is 11.7. The number of hydrogen-bond donors (Lipinski definition) is 1. The van der Waals surface area contributed by atoms with E-state index in [4.69, 9.17) is 0 Å². The molecule has 0 fully saturated rings. The van der Waals surface area contributed by atoms with Crippen LogP contribution in [0.25, 0.3) is 0 Å². The molecule has 104 valence electrons. The molecule has 0 unspecified atom stereocenters. The van der Waals surface area contributed by atoms with E-state index in [2.05, 4.69) is 5.32 Å². The molecule has 1 aromatic rings. The minimum atomic E-state index is -1.01. The van der Waals surface area contributed by atoms with E-state index in [9.17, 15) is 19.3 Å². The topological polar surface area (TPSA) is 72.2 Å². The fourth-order valence-electron chi connectivity index (χ4n) is 1.26. The van der Waals surface area contributed by atoms with Gasteiger partial charge in [0.15, 0.2) is 0 Å². The second-order valence-corrected chi connectivity index (χ2v) is 6.08. The number of nitrogens with zero attached hydrogens (tertiary/aromatic N) is 1. The first kappa shape index (κ1) is 15.4. The summed E-state index contributed by atoms with van der Waals surface area (Å²) < 4.78 is 13.2. The number of carbonyl (C=O) groups is 1. The third kappa shape index (κ3) is 4.20. The van der Waals surface area contributed by atoms with Gasteiger partial charge in [-0.3, -0.25) is 14.9 Å². The van der Waals surface area contributed by atoms with Crippen molar-refractivity contribution in [2.75, 3.05) is 12.8 Å². The maximum atomic E-state index is 13.4. The highest BCUT2D eigenvalue weighted by atomic mass is 32.2. The molecule has 1 aromatic carbocycles. The Balaban J connectivity index is 2.79. The zero-order valence-electron chi connectivity index (χ0n) is 10.9. The van der Waals surface area contributed by atoms with Crippen molar-refractivity contribution in [3.8, 4) is 0 Å². The molecule has 0 saturated heterocycles. The Morgan fingerprint density at radius 3 is 2.63 bits per heavy atom. The van der Waals surface area contributed by atoms with Crippen molar-refractivity contribution in [1.29, 1.82) is 0 Å². The Hall–Kier alpha value is -1.63. The second-order valence-electron chi connectivity index (χ2n) is 4.57. The molecule has 0 heterocycles. The molecule has 0 radical (unpaired) electrons. The van der Waals surface area contributed by atoms with Crippen LogP contribution in [0.5, 0.6) is 0 Å². The summed E-state index contributed by atoms with van der Waals surface area (Å²) in [6.07, 6.45) is 1.93. The molecule has 0 aliphatic heterocycles. The summed E-state index contributed by atoms with van der Waals surface area (Å²) in [5, 5.41) is 13.1. The van der Waals surface area contributed by atoms with Crippen LogP contribution in [0, 0.1) is 15.9 Å². The summed E-state index contributed by atoms with van der Waals surface area (Å²) in [6, 6.07) is 3.10. The van der Waals surface area contributed by atoms with Gasteiger partial charge >= 0.3 is 5.69 Å². The average molecular weight is 286 g/mol. The van der Waals surface area contributed by atoms with Gasteiger partial charge in [-0.15, -0.1) is 0 Å². The largest absolute Gasteiger partial charge is 0.351 e. The summed E-state index contributed by atoms with van der Waals surface area (Å²) in [4.78, 5) is 21.4. The normalized spacial score (nSPS) is 11.2. The van der Waals surface area contributed by atoms with Gasteiger partial charge in [-0.1, -0.05) is 0 Å². The number of nitrogens with one attached hydrogen (secondary N) is 1. The summed E-state index contributed by atoms with van der Waals surface area (Å²) in [6.45, 7) is 4.36. The van der Waals surface area contributed by atoms with Gasteiger partial charge in [0.1, 0.15) is 0 Å². The molecule has 0 spiro atoms. The van der Waals surface area contributed by atoms with E-state index >= 15 is 0 Å². The lowest BCUT2D eigenvalue weighted by Gasteiger charge is -2.22. The summed E-state index contributed by atoms with van der Waals surface area (Å²) in [7, 11) is 0. The van der Waals surface area contributed by atoms with Crippen LogP contribution >= 0.6 is 11.8 Å². The fraction of sp³-hybridized carbons (Fsp3) is 0.417. The molecule has 1 N–H and O–H groups in total. The predicted molar refractivity (Wildman–Crippen MR) is 73.0 cm³/mol. The number of halogens is 1. The predicted octanol–water partition coefficient (Wildman–Crippen LogP) is 2.61. The van der Waals surface area contributed by atoms with E-state index in [1.54, 1.807) is 11.8 Å². The summed E-state index contributed by atoms with van der Waals surface area (Å²) in [5.41, 5.74) is -0.569. The van der Waals surface area contributed by atoms with Crippen LogP contribution < -0.4 is 5.32 Å². The first-order valence-corrected chi connectivity index (χ1v) is 6.76. The molecule has 1 amide bonds. The quantitative estimate of drug-likeness (QED) is 0.667. The van der Waals surface area contributed by atoms with Crippen molar-refractivity contribution in [2.24, 2.45) is 0 Å². The van der Waals surface area contributed by atoms with Crippen molar-refractivity contribution >= 4 is 23.4 Å². The molecule has 19 heavy (non-hydrogen) atoms. The average Bonchev–Trinajstić information content (AvgIpc) is 2.35. The Morgan fingerprint density at radius 2 is 2.16 bits per heavy atom. The van der Waals surface area contributed by atoms with Crippen molar-refractivity contribution < 1.29 is 14.1 Å². The molecule has 7 heteroatoms. The first-order chi connectivity index (χ1) is 8.76. The summed E-state index contributed by atoms with van der Waals surface area (Å²) in [5.74, 6) is -1.46. The van der Waals surface area contributed by atoms with Gasteiger partial charge in [0.2, 0.25) is 5.82 Å². The van der Waals surface area contributed by atoms with Gasteiger partial charge in [-0.05, 0) is 32.2 Å². The minimum absolute atomic E-state index is 0.0694. The van der Waals surface area contributed by atoms with Crippen LogP contribution in [0.15, 0.2) is 18.2 Å². The minimum Gasteiger partial charge on any atom is -0.351 e. The third-order valence-electron chi connectivity index (χ3n) is 2.63. The molecular weight excluding hydrogens is 271 g/mol. The Kier molecular flexibility index (Phi) is 4.88. The van der Waals surface area contributed by atoms with Gasteiger partial charge in [-0.2, -0.15) is 16.2 Å². The number of thioether (sulfide) groups is 1. The number of nitro groups is 1. The van der Waals surface area contributed by atoms with Gasteiger partial charge < -0.3 is 5.32 Å². The van der Waals surface area contributed by atoms with E-state index in [0.717, 1.165) is 12.1 Å². The van der Waals surface area contributed by atoms with Crippen LogP contribution in [0.2, 0.25) is 0 Å². The smallest absolute Gasteiger partial charge is 0.304 e. The van der Waals surface area contributed by atoms with Crippen molar-refractivity contribution in [1.82, 2.24) is 5.32 Å². The van der Waals surface area contributed by atoms with Gasteiger partial charge in [0, 0.05) is 22.9 Å². The number of carbonyl (C=O) groups excluding carboxylic acids is 1. The number of nitro benzene ring substituents is 1. The van der Waals surface area contributed by atoms with Crippen LogP contribution in [-0.4, -0.2) is 28.4 Å². The SMILES string of the molecule is CSC(C)(C)CNC(=O)c1ccc([N+](=O)[O-])c(F)c1. The first-order valence-electron chi connectivity index (χ1n) is 5.54.